The second-order valence-corrected chi connectivity index (χ2v) is 9.48. The summed E-state index contributed by atoms with van der Waals surface area (Å²) in [4.78, 5) is 15.6. The fraction of sp³-hybridized carbons (Fsp3) is 0.296. The number of nitrogens with zero attached hydrogens (tertiary/aromatic N) is 1. The van der Waals surface area contributed by atoms with Crippen LogP contribution >= 0.6 is 11.6 Å². The number of para-hydroxylation sites is 1. The number of rotatable bonds is 3. The van der Waals surface area contributed by atoms with E-state index in [1.54, 1.807) is 12.1 Å². The Balaban J connectivity index is 1.86. The van der Waals surface area contributed by atoms with Crippen LogP contribution in [0.25, 0.3) is 0 Å². The highest BCUT2D eigenvalue weighted by atomic mass is 35.5. The van der Waals surface area contributed by atoms with Crippen LogP contribution in [-0.2, 0) is 11.8 Å². The van der Waals surface area contributed by atoms with E-state index in [2.05, 4.69) is 70.2 Å². The Morgan fingerprint density at radius 2 is 1.67 bits per heavy atom. The number of amides is 1. The van der Waals surface area contributed by atoms with E-state index in [4.69, 9.17) is 11.6 Å². The maximum Gasteiger partial charge on any atom is 0.258 e. The second-order valence-electron chi connectivity index (χ2n) is 9.04. The van der Waals surface area contributed by atoms with Gasteiger partial charge in [0.05, 0.1) is 0 Å². The van der Waals surface area contributed by atoms with Crippen molar-refractivity contribution in [1.82, 2.24) is 0 Å². The van der Waals surface area contributed by atoms with E-state index in [1.807, 2.05) is 23.1 Å². The predicted molar refractivity (Wildman–Crippen MR) is 126 cm³/mol. The molecule has 0 saturated carbocycles. The van der Waals surface area contributed by atoms with Crippen molar-refractivity contribution in [3.05, 3.63) is 100 Å². The minimum absolute atomic E-state index is 0.0154. The lowest BCUT2D eigenvalue weighted by Crippen LogP contribution is -2.55. The van der Waals surface area contributed by atoms with Gasteiger partial charge in [0.25, 0.3) is 5.91 Å². The molecule has 30 heavy (non-hydrogen) atoms. The van der Waals surface area contributed by atoms with Gasteiger partial charge in [-0.1, -0.05) is 74.0 Å². The van der Waals surface area contributed by atoms with Crippen molar-refractivity contribution in [1.29, 1.82) is 0 Å². The zero-order valence-corrected chi connectivity index (χ0v) is 18.8. The van der Waals surface area contributed by atoms with Gasteiger partial charge >= 0.3 is 0 Å². The van der Waals surface area contributed by atoms with Gasteiger partial charge in [-0.05, 0) is 67.6 Å². The standard InChI is InChI=1S/C27H28ClNO/c1-5-19-13-15-21(16-14-19)27(4)18-26(2,3)29(24-12-7-6-11-23(24)27)25(30)20-9-8-10-22(28)17-20/h6-17H,5,18H2,1-4H3. The maximum atomic E-state index is 13.6. The van der Waals surface area contributed by atoms with E-state index in [1.165, 1.54) is 16.7 Å². The number of carbonyl (C=O) groups excluding carboxylic acids is 1. The molecule has 1 amide bonds. The first-order chi connectivity index (χ1) is 14.3. The summed E-state index contributed by atoms with van der Waals surface area (Å²) in [5.41, 5.74) is 4.84. The normalized spacial score (nSPS) is 20.0. The van der Waals surface area contributed by atoms with Gasteiger partial charge in [-0.2, -0.15) is 0 Å². The molecule has 4 rings (SSSR count). The summed E-state index contributed by atoms with van der Waals surface area (Å²) in [6.07, 6.45) is 1.86. The first-order valence-corrected chi connectivity index (χ1v) is 10.9. The van der Waals surface area contributed by atoms with Gasteiger partial charge in [-0.3, -0.25) is 4.79 Å². The zero-order valence-electron chi connectivity index (χ0n) is 18.1. The summed E-state index contributed by atoms with van der Waals surface area (Å²) in [5, 5.41) is 0.574. The Kier molecular flexibility index (Phi) is 5.23. The summed E-state index contributed by atoms with van der Waals surface area (Å²) in [6.45, 7) is 8.79. The van der Waals surface area contributed by atoms with Crippen LogP contribution in [0.1, 0.15) is 61.2 Å². The van der Waals surface area contributed by atoms with E-state index in [-0.39, 0.29) is 16.9 Å². The second kappa shape index (κ2) is 7.59. The molecule has 0 bridgehead atoms. The van der Waals surface area contributed by atoms with Crippen LogP contribution in [0.5, 0.6) is 0 Å². The molecule has 1 aliphatic heterocycles. The molecule has 3 heteroatoms. The fourth-order valence-electron chi connectivity index (χ4n) is 5.00. The molecule has 0 radical (unpaired) electrons. The molecule has 0 aromatic heterocycles. The lowest BCUT2D eigenvalue weighted by molar-refractivity contribution is 0.0948. The Hall–Kier alpha value is -2.58. The van der Waals surface area contributed by atoms with Crippen LogP contribution < -0.4 is 4.90 Å². The van der Waals surface area contributed by atoms with Gasteiger partial charge < -0.3 is 4.90 Å². The Morgan fingerprint density at radius 1 is 0.967 bits per heavy atom. The Morgan fingerprint density at radius 3 is 2.33 bits per heavy atom. The molecule has 3 aromatic carbocycles. The Labute approximate surface area is 184 Å². The molecule has 0 spiro atoms. The van der Waals surface area contributed by atoms with Gasteiger partial charge in [0.1, 0.15) is 0 Å². The number of halogens is 1. The van der Waals surface area contributed by atoms with E-state index in [0.717, 1.165) is 18.5 Å². The maximum absolute atomic E-state index is 13.6. The lowest BCUT2D eigenvalue weighted by Gasteiger charge is -2.51. The highest BCUT2D eigenvalue weighted by molar-refractivity contribution is 6.31. The average molecular weight is 418 g/mol. The highest BCUT2D eigenvalue weighted by Crippen LogP contribution is 2.50. The van der Waals surface area contributed by atoms with E-state index < -0.39 is 0 Å². The summed E-state index contributed by atoms with van der Waals surface area (Å²) < 4.78 is 0. The summed E-state index contributed by atoms with van der Waals surface area (Å²) in [7, 11) is 0. The van der Waals surface area contributed by atoms with E-state index in [0.29, 0.717) is 10.6 Å². The summed E-state index contributed by atoms with van der Waals surface area (Å²) in [5.74, 6) is -0.0154. The van der Waals surface area contributed by atoms with Crippen LogP contribution in [0, 0.1) is 0 Å². The van der Waals surface area contributed by atoms with Gasteiger partial charge in [-0.15, -0.1) is 0 Å². The molecule has 1 unspecified atom stereocenters. The van der Waals surface area contributed by atoms with Crippen molar-refractivity contribution < 1.29 is 4.79 Å². The topological polar surface area (TPSA) is 20.3 Å². The van der Waals surface area contributed by atoms with Crippen LogP contribution in [0.3, 0.4) is 0 Å². The quantitative estimate of drug-likeness (QED) is 0.447. The predicted octanol–water partition coefficient (Wildman–Crippen LogP) is 7.04. The van der Waals surface area contributed by atoms with Crippen molar-refractivity contribution in [2.75, 3.05) is 4.90 Å². The number of aryl methyl sites for hydroxylation is 1. The first kappa shape index (κ1) is 20.7. The number of hydrogen-bond acceptors (Lipinski definition) is 1. The SMILES string of the molecule is CCc1ccc(C2(C)CC(C)(C)N(C(=O)c3cccc(Cl)c3)c3ccccc32)cc1. The molecule has 2 nitrogen and oxygen atoms in total. The third-order valence-electron chi connectivity index (χ3n) is 6.40. The number of fused-ring (bicyclic) bond motifs is 1. The summed E-state index contributed by atoms with van der Waals surface area (Å²) in [6, 6.07) is 24.5. The third kappa shape index (κ3) is 3.44. The van der Waals surface area contributed by atoms with Gasteiger partial charge in [0, 0.05) is 27.2 Å². The van der Waals surface area contributed by atoms with Crippen molar-refractivity contribution in [2.24, 2.45) is 0 Å². The molecular formula is C27H28ClNO. The smallest absolute Gasteiger partial charge is 0.258 e. The Bertz CT molecular complexity index is 1090. The minimum atomic E-state index is -0.369. The van der Waals surface area contributed by atoms with E-state index >= 15 is 0 Å². The van der Waals surface area contributed by atoms with Crippen molar-refractivity contribution in [3.63, 3.8) is 0 Å². The summed E-state index contributed by atoms with van der Waals surface area (Å²) >= 11 is 6.18. The van der Waals surface area contributed by atoms with Crippen LogP contribution in [-0.4, -0.2) is 11.4 Å². The van der Waals surface area contributed by atoms with Crippen LogP contribution in [0.4, 0.5) is 5.69 Å². The van der Waals surface area contributed by atoms with Crippen molar-refractivity contribution >= 4 is 23.2 Å². The highest BCUT2D eigenvalue weighted by Gasteiger charge is 2.47. The molecule has 0 fully saturated rings. The van der Waals surface area contributed by atoms with Crippen LogP contribution in [0.15, 0.2) is 72.8 Å². The van der Waals surface area contributed by atoms with E-state index in [9.17, 15) is 4.79 Å². The molecule has 154 valence electrons. The largest absolute Gasteiger partial charge is 0.302 e. The monoisotopic (exact) mass is 417 g/mol. The van der Waals surface area contributed by atoms with Crippen molar-refractivity contribution in [3.8, 4) is 0 Å². The first-order valence-electron chi connectivity index (χ1n) is 10.6. The molecule has 1 aliphatic rings. The number of anilines is 1. The number of carbonyl (C=O) groups is 1. The lowest BCUT2D eigenvalue weighted by atomic mass is 9.65. The molecule has 1 atom stereocenters. The molecular weight excluding hydrogens is 390 g/mol. The van der Waals surface area contributed by atoms with Gasteiger partial charge in [0.2, 0.25) is 0 Å². The van der Waals surface area contributed by atoms with Crippen molar-refractivity contribution in [2.45, 2.75) is 51.5 Å². The molecule has 1 heterocycles. The number of benzene rings is 3. The molecule has 0 aliphatic carbocycles. The van der Waals surface area contributed by atoms with Crippen LogP contribution in [0.2, 0.25) is 5.02 Å². The average Bonchev–Trinajstić information content (AvgIpc) is 2.73. The zero-order chi connectivity index (χ0) is 21.5. The minimum Gasteiger partial charge on any atom is -0.302 e. The van der Waals surface area contributed by atoms with Gasteiger partial charge in [-0.25, -0.2) is 0 Å². The molecule has 0 saturated heterocycles. The molecule has 3 aromatic rings. The molecule has 0 N–H and O–H groups in total. The number of hydrogen-bond donors (Lipinski definition) is 0. The fourth-order valence-corrected chi connectivity index (χ4v) is 5.19. The third-order valence-corrected chi connectivity index (χ3v) is 6.64. The van der Waals surface area contributed by atoms with Gasteiger partial charge in [0.15, 0.2) is 0 Å².